The molecule has 0 saturated carbocycles. The maximum atomic E-state index is 13.3. The molecule has 7 heteroatoms. The van der Waals surface area contributed by atoms with Crippen LogP contribution in [-0.4, -0.2) is 51.1 Å². The molecule has 0 aliphatic carbocycles. The molecule has 1 fully saturated rings. The lowest BCUT2D eigenvalue weighted by molar-refractivity contribution is -0.136. The molecular formula is C24H30N2O5. The number of hydrogen-bond acceptors (Lipinski definition) is 5. The first-order valence-corrected chi connectivity index (χ1v) is 10.4. The third-order valence-electron chi connectivity index (χ3n) is 5.46. The van der Waals surface area contributed by atoms with Crippen LogP contribution in [-0.2, 0) is 16.1 Å². The first-order valence-electron chi connectivity index (χ1n) is 10.4. The largest absolute Gasteiger partial charge is 0.493 e. The molecule has 1 aliphatic rings. The fraction of sp³-hybridized carbons (Fsp3) is 0.417. The van der Waals surface area contributed by atoms with E-state index in [9.17, 15) is 9.59 Å². The van der Waals surface area contributed by atoms with Crippen molar-refractivity contribution >= 4 is 17.5 Å². The molecule has 3 rings (SSSR count). The van der Waals surface area contributed by atoms with Gasteiger partial charge in [0, 0.05) is 38.2 Å². The third-order valence-corrected chi connectivity index (χ3v) is 5.46. The van der Waals surface area contributed by atoms with Crippen LogP contribution in [0, 0.1) is 5.92 Å². The summed E-state index contributed by atoms with van der Waals surface area (Å²) in [6.07, 6.45) is 1.04. The van der Waals surface area contributed by atoms with Crippen LogP contribution < -0.4 is 19.1 Å². The van der Waals surface area contributed by atoms with E-state index in [1.165, 1.54) is 21.3 Å². The van der Waals surface area contributed by atoms with Crippen molar-refractivity contribution in [2.45, 2.75) is 26.3 Å². The first kappa shape index (κ1) is 22.5. The average Bonchev–Trinajstić information content (AvgIpc) is 3.19. The minimum Gasteiger partial charge on any atom is -0.493 e. The van der Waals surface area contributed by atoms with Crippen molar-refractivity contribution in [2.75, 3.05) is 39.3 Å². The fourth-order valence-corrected chi connectivity index (χ4v) is 3.94. The van der Waals surface area contributed by atoms with Crippen LogP contribution in [0.4, 0.5) is 5.69 Å². The zero-order valence-corrected chi connectivity index (χ0v) is 18.6. The number of carbonyl (C=O) groups excluding carboxylic acids is 2. The molecule has 2 amide bonds. The normalized spacial score (nSPS) is 15.7. The standard InChI is InChI=1S/C24H30N2O5/c1-5-11-25(15-17-9-7-6-8-10-17)24(28)18-12-22(27)26(16-18)19-13-20(29-2)23(31-4)21(14-19)30-3/h6-10,13-14,18H,5,11-12,15-16H2,1-4H3. The number of hydrogen-bond donors (Lipinski definition) is 0. The first-order chi connectivity index (χ1) is 15.0. The van der Waals surface area contributed by atoms with E-state index in [4.69, 9.17) is 14.2 Å². The summed E-state index contributed by atoms with van der Waals surface area (Å²) in [5.74, 6) is 0.928. The summed E-state index contributed by atoms with van der Waals surface area (Å²) in [4.78, 5) is 29.6. The molecule has 0 N–H and O–H groups in total. The van der Waals surface area contributed by atoms with Crippen LogP contribution in [0.15, 0.2) is 42.5 Å². The van der Waals surface area contributed by atoms with Crippen LogP contribution in [0.3, 0.4) is 0 Å². The second-order valence-corrected chi connectivity index (χ2v) is 7.53. The predicted molar refractivity (Wildman–Crippen MR) is 119 cm³/mol. The molecule has 0 spiro atoms. The second-order valence-electron chi connectivity index (χ2n) is 7.53. The van der Waals surface area contributed by atoms with Crippen molar-refractivity contribution in [1.29, 1.82) is 0 Å². The van der Waals surface area contributed by atoms with Gasteiger partial charge in [-0.3, -0.25) is 9.59 Å². The number of ether oxygens (including phenoxy) is 3. The van der Waals surface area contributed by atoms with Crippen LogP contribution >= 0.6 is 0 Å². The van der Waals surface area contributed by atoms with Crippen molar-refractivity contribution in [3.63, 3.8) is 0 Å². The van der Waals surface area contributed by atoms with Gasteiger partial charge < -0.3 is 24.0 Å². The SMILES string of the molecule is CCCN(Cc1ccccc1)C(=O)C1CC(=O)N(c2cc(OC)c(OC)c(OC)c2)C1. The Kier molecular flexibility index (Phi) is 7.39. The summed E-state index contributed by atoms with van der Waals surface area (Å²) in [7, 11) is 4.60. The predicted octanol–water partition coefficient (Wildman–Crippen LogP) is 3.50. The fourth-order valence-electron chi connectivity index (χ4n) is 3.94. The van der Waals surface area contributed by atoms with Crippen LogP contribution in [0.2, 0.25) is 0 Å². The highest BCUT2D eigenvalue weighted by atomic mass is 16.5. The Morgan fingerprint density at radius 2 is 1.71 bits per heavy atom. The number of rotatable bonds is 9. The molecule has 1 saturated heterocycles. The van der Waals surface area contributed by atoms with E-state index in [0.717, 1.165) is 12.0 Å². The maximum Gasteiger partial charge on any atom is 0.228 e. The highest BCUT2D eigenvalue weighted by molar-refractivity contribution is 6.00. The number of benzene rings is 2. The number of nitrogens with zero attached hydrogens (tertiary/aromatic N) is 2. The monoisotopic (exact) mass is 426 g/mol. The molecule has 166 valence electrons. The van der Waals surface area contributed by atoms with Gasteiger partial charge in [0.1, 0.15) is 0 Å². The molecule has 1 aliphatic heterocycles. The lowest BCUT2D eigenvalue weighted by Gasteiger charge is -2.25. The zero-order chi connectivity index (χ0) is 22.4. The van der Waals surface area contributed by atoms with E-state index >= 15 is 0 Å². The molecule has 0 radical (unpaired) electrons. The number of amides is 2. The van der Waals surface area contributed by atoms with Gasteiger partial charge in [-0.15, -0.1) is 0 Å². The molecule has 7 nitrogen and oxygen atoms in total. The van der Waals surface area contributed by atoms with E-state index in [-0.39, 0.29) is 24.2 Å². The third kappa shape index (κ3) is 4.93. The molecule has 0 bridgehead atoms. The Morgan fingerprint density at radius 3 is 2.26 bits per heavy atom. The summed E-state index contributed by atoms with van der Waals surface area (Å²) >= 11 is 0. The molecular weight excluding hydrogens is 396 g/mol. The quantitative estimate of drug-likeness (QED) is 0.614. The zero-order valence-electron chi connectivity index (χ0n) is 18.6. The molecule has 2 aromatic rings. The van der Waals surface area contributed by atoms with E-state index in [0.29, 0.717) is 42.6 Å². The minimum absolute atomic E-state index is 0.00833. The van der Waals surface area contributed by atoms with Gasteiger partial charge in [-0.05, 0) is 12.0 Å². The van der Waals surface area contributed by atoms with Crippen molar-refractivity contribution in [3.8, 4) is 17.2 Å². The van der Waals surface area contributed by atoms with Gasteiger partial charge in [0.05, 0.1) is 32.9 Å². The van der Waals surface area contributed by atoms with Crippen molar-refractivity contribution in [3.05, 3.63) is 48.0 Å². The highest BCUT2D eigenvalue weighted by Crippen LogP contribution is 2.42. The molecule has 0 aromatic heterocycles. The average molecular weight is 427 g/mol. The van der Waals surface area contributed by atoms with Gasteiger partial charge in [0.2, 0.25) is 17.6 Å². The lowest BCUT2D eigenvalue weighted by Crippen LogP contribution is -2.37. The van der Waals surface area contributed by atoms with Crippen LogP contribution in [0.25, 0.3) is 0 Å². The van der Waals surface area contributed by atoms with E-state index in [1.54, 1.807) is 17.0 Å². The van der Waals surface area contributed by atoms with E-state index in [2.05, 4.69) is 0 Å². The topological polar surface area (TPSA) is 68.3 Å². The van der Waals surface area contributed by atoms with Gasteiger partial charge in [-0.2, -0.15) is 0 Å². The summed E-state index contributed by atoms with van der Waals surface area (Å²) in [6, 6.07) is 13.4. The number of anilines is 1. The highest BCUT2D eigenvalue weighted by Gasteiger charge is 2.37. The van der Waals surface area contributed by atoms with Crippen molar-refractivity contribution < 1.29 is 23.8 Å². The Bertz CT molecular complexity index is 890. The minimum atomic E-state index is -0.387. The summed E-state index contributed by atoms with van der Waals surface area (Å²) in [5.41, 5.74) is 1.70. The number of carbonyl (C=O) groups is 2. The molecule has 1 heterocycles. The van der Waals surface area contributed by atoms with Gasteiger partial charge in [0.25, 0.3) is 0 Å². The summed E-state index contributed by atoms with van der Waals surface area (Å²) < 4.78 is 16.2. The summed E-state index contributed by atoms with van der Waals surface area (Å²) in [6.45, 7) is 3.57. The van der Waals surface area contributed by atoms with Crippen molar-refractivity contribution in [2.24, 2.45) is 5.92 Å². The second kappa shape index (κ2) is 10.2. The smallest absolute Gasteiger partial charge is 0.228 e. The van der Waals surface area contributed by atoms with E-state index < -0.39 is 0 Å². The lowest BCUT2D eigenvalue weighted by atomic mass is 10.1. The Hall–Kier alpha value is -3.22. The summed E-state index contributed by atoms with van der Waals surface area (Å²) in [5, 5.41) is 0. The Balaban J connectivity index is 1.80. The van der Waals surface area contributed by atoms with Crippen LogP contribution in [0.5, 0.6) is 17.2 Å². The molecule has 1 unspecified atom stereocenters. The van der Waals surface area contributed by atoms with Gasteiger partial charge in [-0.25, -0.2) is 0 Å². The number of methoxy groups -OCH3 is 3. The van der Waals surface area contributed by atoms with Crippen molar-refractivity contribution in [1.82, 2.24) is 4.90 Å². The molecule has 2 aromatic carbocycles. The van der Waals surface area contributed by atoms with Gasteiger partial charge in [-0.1, -0.05) is 37.3 Å². The Morgan fingerprint density at radius 1 is 1.06 bits per heavy atom. The van der Waals surface area contributed by atoms with Gasteiger partial charge >= 0.3 is 0 Å². The van der Waals surface area contributed by atoms with Gasteiger partial charge in [0.15, 0.2) is 11.5 Å². The maximum absolute atomic E-state index is 13.3. The molecule has 31 heavy (non-hydrogen) atoms. The molecule has 1 atom stereocenters. The Labute approximate surface area is 183 Å². The van der Waals surface area contributed by atoms with E-state index in [1.807, 2.05) is 42.2 Å². The van der Waals surface area contributed by atoms with Crippen LogP contribution in [0.1, 0.15) is 25.3 Å².